The molecule has 120 valence electrons. The molecule has 0 aromatic carbocycles. The lowest BCUT2D eigenvalue weighted by Crippen LogP contribution is -2.54. The minimum absolute atomic E-state index is 0.230. The van der Waals surface area contributed by atoms with Gasteiger partial charge in [-0.2, -0.15) is 0 Å². The molecule has 22 heavy (non-hydrogen) atoms. The Morgan fingerprint density at radius 2 is 2.14 bits per heavy atom. The van der Waals surface area contributed by atoms with Crippen LogP contribution in [0.3, 0.4) is 0 Å². The first-order valence-electron chi connectivity index (χ1n) is 7.86. The SMILES string of the molecule is CCOC(=O)c1c(C)csc1NC(=O)NC1CC2(CCC2)C1. The average molecular weight is 322 g/mol. The van der Waals surface area contributed by atoms with Crippen molar-refractivity contribution in [3.63, 3.8) is 0 Å². The van der Waals surface area contributed by atoms with E-state index in [2.05, 4.69) is 10.6 Å². The van der Waals surface area contributed by atoms with E-state index >= 15 is 0 Å². The summed E-state index contributed by atoms with van der Waals surface area (Å²) in [5.74, 6) is -0.381. The molecule has 0 aliphatic heterocycles. The highest BCUT2D eigenvalue weighted by Gasteiger charge is 2.48. The summed E-state index contributed by atoms with van der Waals surface area (Å²) in [5.41, 5.74) is 1.83. The first-order valence-corrected chi connectivity index (χ1v) is 8.74. The van der Waals surface area contributed by atoms with Gasteiger partial charge in [0.05, 0.1) is 12.2 Å². The second-order valence-electron chi connectivity index (χ2n) is 6.40. The van der Waals surface area contributed by atoms with Crippen LogP contribution in [-0.4, -0.2) is 24.6 Å². The van der Waals surface area contributed by atoms with Gasteiger partial charge >= 0.3 is 12.0 Å². The normalized spacial score (nSPS) is 19.2. The molecule has 2 fully saturated rings. The van der Waals surface area contributed by atoms with E-state index in [0.717, 1.165) is 18.4 Å². The van der Waals surface area contributed by atoms with Gasteiger partial charge in [-0.3, -0.25) is 5.32 Å². The number of hydrogen-bond donors (Lipinski definition) is 2. The summed E-state index contributed by atoms with van der Waals surface area (Å²) in [4.78, 5) is 24.1. The number of hydrogen-bond acceptors (Lipinski definition) is 4. The van der Waals surface area contributed by atoms with Crippen LogP contribution < -0.4 is 10.6 Å². The van der Waals surface area contributed by atoms with E-state index in [4.69, 9.17) is 4.74 Å². The van der Waals surface area contributed by atoms with Gasteiger partial charge in [0.25, 0.3) is 0 Å². The van der Waals surface area contributed by atoms with Crippen molar-refractivity contribution in [2.75, 3.05) is 11.9 Å². The minimum Gasteiger partial charge on any atom is -0.462 e. The van der Waals surface area contributed by atoms with Crippen LogP contribution in [0.5, 0.6) is 0 Å². The quantitative estimate of drug-likeness (QED) is 0.831. The molecule has 2 aliphatic carbocycles. The molecular weight excluding hydrogens is 300 g/mol. The Morgan fingerprint density at radius 3 is 2.73 bits per heavy atom. The molecular formula is C16H22N2O3S. The summed E-state index contributed by atoms with van der Waals surface area (Å²) >= 11 is 1.35. The predicted octanol–water partition coefficient (Wildman–Crippen LogP) is 3.69. The topological polar surface area (TPSA) is 67.4 Å². The number of anilines is 1. The standard InChI is InChI=1S/C16H22N2O3S/c1-3-21-14(19)12-10(2)9-22-13(12)18-15(20)17-11-7-16(8-11)5-4-6-16/h9,11H,3-8H2,1-2H3,(H2,17,18,20). The number of amides is 2. The highest BCUT2D eigenvalue weighted by Crippen LogP contribution is 2.55. The van der Waals surface area contributed by atoms with E-state index < -0.39 is 0 Å². The lowest BCUT2D eigenvalue weighted by atomic mass is 9.54. The fourth-order valence-corrected chi connectivity index (χ4v) is 4.42. The van der Waals surface area contributed by atoms with E-state index in [0.29, 0.717) is 22.6 Å². The molecule has 5 nitrogen and oxygen atoms in total. The van der Waals surface area contributed by atoms with Crippen molar-refractivity contribution < 1.29 is 14.3 Å². The maximum Gasteiger partial charge on any atom is 0.341 e. The average Bonchev–Trinajstić information content (AvgIpc) is 2.72. The van der Waals surface area contributed by atoms with Crippen molar-refractivity contribution in [3.8, 4) is 0 Å². The van der Waals surface area contributed by atoms with Gasteiger partial charge in [-0.1, -0.05) is 6.42 Å². The lowest BCUT2D eigenvalue weighted by molar-refractivity contribution is 0.00287. The summed E-state index contributed by atoms with van der Waals surface area (Å²) in [6, 6.07) is 0.0407. The van der Waals surface area contributed by atoms with Crippen molar-refractivity contribution in [1.82, 2.24) is 5.32 Å². The number of urea groups is 1. The molecule has 0 saturated heterocycles. The Hall–Kier alpha value is -1.56. The fraction of sp³-hybridized carbons (Fsp3) is 0.625. The molecule has 1 spiro atoms. The van der Waals surface area contributed by atoms with Crippen LogP contribution in [0.2, 0.25) is 0 Å². The first kappa shape index (κ1) is 15.3. The molecule has 2 aliphatic rings. The van der Waals surface area contributed by atoms with E-state index in [-0.39, 0.29) is 18.0 Å². The Kier molecular flexibility index (Phi) is 4.12. The van der Waals surface area contributed by atoms with E-state index in [1.807, 2.05) is 12.3 Å². The van der Waals surface area contributed by atoms with E-state index in [1.54, 1.807) is 6.92 Å². The Morgan fingerprint density at radius 1 is 1.41 bits per heavy atom. The monoisotopic (exact) mass is 322 g/mol. The Bertz CT molecular complexity index is 584. The van der Waals surface area contributed by atoms with Gasteiger partial charge < -0.3 is 10.1 Å². The van der Waals surface area contributed by atoms with E-state index in [9.17, 15) is 9.59 Å². The molecule has 1 heterocycles. The smallest absolute Gasteiger partial charge is 0.341 e. The van der Waals surface area contributed by atoms with Gasteiger partial charge in [0.1, 0.15) is 5.00 Å². The highest BCUT2D eigenvalue weighted by molar-refractivity contribution is 7.15. The molecule has 1 aromatic rings. The highest BCUT2D eigenvalue weighted by atomic mass is 32.1. The van der Waals surface area contributed by atoms with Crippen LogP contribution in [0.15, 0.2) is 5.38 Å². The molecule has 0 radical (unpaired) electrons. The second-order valence-corrected chi connectivity index (χ2v) is 7.28. The van der Waals surface area contributed by atoms with Crippen LogP contribution in [-0.2, 0) is 4.74 Å². The Balaban J connectivity index is 1.56. The van der Waals surface area contributed by atoms with Crippen molar-refractivity contribution in [2.45, 2.75) is 52.0 Å². The fourth-order valence-electron chi connectivity index (χ4n) is 3.49. The third-order valence-corrected chi connectivity index (χ3v) is 5.80. The third kappa shape index (κ3) is 2.84. The minimum atomic E-state index is -0.381. The molecule has 3 rings (SSSR count). The number of aryl methyl sites for hydroxylation is 1. The van der Waals surface area contributed by atoms with Gasteiger partial charge in [0.2, 0.25) is 0 Å². The van der Waals surface area contributed by atoms with Crippen molar-refractivity contribution in [2.24, 2.45) is 5.41 Å². The molecule has 0 unspecified atom stereocenters. The Labute approximate surface area is 134 Å². The summed E-state index contributed by atoms with van der Waals surface area (Å²) in [7, 11) is 0. The number of rotatable bonds is 4. The second kappa shape index (κ2) is 5.91. The van der Waals surface area contributed by atoms with E-state index in [1.165, 1.54) is 30.6 Å². The number of ether oxygens (including phenoxy) is 1. The number of nitrogens with one attached hydrogen (secondary N) is 2. The van der Waals surface area contributed by atoms with Crippen LogP contribution in [0.4, 0.5) is 9.80 Å². The number of carbonyl (C=O) groups is 2. The van der Waals surface area contributed by atoms with Crippen LogP contribution >= 0.6 is 11.3 Å². The van der Waals surface area contributed by atoms with Gasteiger partial charge in [0.15, 0.2) is 0 Å². The number of carbonyl (C=O) groups excluding carboxylic acids is 2. The predicted molar refractivity (Wildman–Crippen MR) is 86.5 cm³/mol. The van der Waals surface area contributed by atoms with Crippen LogP contribution in [0.25, 0.3) is 0 Å². The van der Waals surface area contributed by atoms with Gasteiger partial charge in [-0.15, -0.1) is 11.3 Å². The molecule has 0 bridgehead atoms. The van der Waals surface area contributed by atoms with Crippen molar-refractivity contribution >= 4 is 28.3 Å². The largest absolute Gasteiger partial charge is 0.462 e. The molecule has 1 aromatic heterocycles. The number of thiophene rings is 1. The summed E-state index contributed by atoms with van der Waals surface area (Å²) in [5, 5.41) is 8.22. The first-order chi connectivity index (χ1) is 10.5. The zero-order valence-electron chi connectivity index (χ0n) is 13.0. The maximum atomic E-state index is 12.1. The molecule has 6 heteroatoms. The van der Waals surface area contributed by atoms with Gasteiger partial charge in [-0.05, 0) is 55.9 Å². The third-order valence-electron chi connectivity index (χ3n) is 4.79. The lowest BCUT2D eigenvalue weighted by Gasteiger charge is -2.54. The summed E-state index contributed by atoms with van der Waals surface area (Å²) in [6.45, 7) is 3.94. The van der Waals surface area contributed by atoms with Crippen LogP contribution in [0, 0.1) is 12.3 Å². The zero-order valence-corrected chi connectivity index (χ0v) is 13.8. The zero-order chi connectivity index (χ0) is 15.7. The van der Waals surface area contributed by atoms with Gasteiger partial charge in [-0.25, -0.2) is 9.59 Å². The molecule has 2 N–H and O–H groups in total. The summed E-state index contributed by atoms with van der Waals surface area (Å²) in [6.07, 6.45) is 6.13. The summed E-state index contributed by atoms with van der Waals surface area (Å²) < 4.78 is 5.05. The molecule has 2 amide bonds. The molecule has 0 atom stereocenters. The van der Waals surface area contributed by atoms with Gasteiger partial charge in [0, 0.05) is 6.04 Å². The van der Waals surface area contributed by atoms with Crippen molar-refractivity contribution in [3.05, 3.63) is 16.5 Å². The van der Waals surface area contributed by atoms with Crippen LogP contribution in [0.1, 0.15) is 54.9 Å². The number of esters is 1. The molecule has 2 saturated carbocycles. The van der Waals surface area contributed by atoms with Crippen molar-refractivity contribution in [1.29, 1.82) is 0 Å². The maximum absolute atomic E-state index is 12.1.